The minimum Gasteiger partial charge on any atom is -0.451 e. The van der Waals surface area contributed by atoms with Gasteiger partial charge in [0.1, 0.15) is 5.71 Å². The maximum Gasteiger partial charge on any atom is 0.355 e. The molecule has 2 aromatic rings. The number of rotatable bonds is 7. The highest BCUT2D eigenvalue weighted by atomic mass is 35.5. The molecule has 174 valence electrons. The molecule has 0 fully saturated rings. The van der Waals surface area contributed by atoms with E-state index in [9.17, 15) is 14.4 Å². The van der Waals surface area contributed by atoms with Crippen molar-refractivity contribution in [3.05, 3.63) is 58.6 Å². The summed E-state index contributed by atoms with van der Waals surface area (Å²) in [6.07, 6.45) is 0.256. The lowest BCUT2D eigenvalue weighted by Crippen LogP contribution is -2.36. The second-order valence-electron chi connectivity index (χ2n) is 8.07. The Morgan fingerprint density at radius 1 is 1.09 bits per heavy atom. The molecule has 9 heteroatoms. The number of ether oxygens (including phenoxy) is 1. The zero-order valence-electron chi connectivity index (χ0n) is 19.2. The Morgan fingerprint density at radius 2 is 1.79 bits per heavy atom. The Labute approximate surface area is 198 Å². The van der Waals surface area contributed by atoms with Gasteiger partial charge >= 0.3 is 5.97 Å². The Hall–Kier alpha value is -3.39. The van der Waals surface area contributed by atoms with Crippen LogP contribution in [0.4, 0.5) is 11.4 Å². The number of carbonyl (C=O) groups is 3. The van der Waals surface area contributed by atoms with E-state index in [-0.39, 0.29) is 30.4 Å². The molecular weight excluding hydrogens is 444 g/mol. The monoisotopic (exact) mass is 470 g/mol. The molecule has 1 aliphatic rings. The molecule has 2 aromatic carbocycles. The zero-order valence-corrected chi connectivity index (χ0v) is 19.9. The summed E-state index contributed by atoms with van der Waals surface area (Å²) in [5.74, 6) is -1.31. The van der Waals surface area contributed by atoms with Crippen LogP contribution >= 0.6 is 11.6 Å². The van der Waals surface area contributed by atoms with E-state index in [1.807, 2.05) is 50.2 Å². The molecule has 0 atom stereocenters. The van der Waals surface area contributed by atoms with Crippen molar-refractivity contribution in [3.8, 4) is 0 Å². The molecule has 0 bridgehead atoms. The largest absolute Gasteiger partial charge is 0.451 e. The van der Waals surface area contributed by atoms with Gasteiger partial charge in [-0.15, -0.1) is 0 Å². The number of benzene rings is 2. The van der Waals surface area contributed by atoms with E-state index in [4.69, 9.17) is 16.3 Å². The van der Waals surface area contributed by atoms with E-state index in [1.165, 1.54) is 4.90 Å². The van der Waals surface area contributed by atoms with Crippen molar-refractivity contribution >= 4 is 46.5 Å². The van der Waals surface area contributed by atoms with Gasteiger partial charge < -0.3 is 14.5 Å². The quantitative estimate of drug-likeness (QED) is 0.579. The van der Waals surface area contributed by atoms with Crippen LogP contribution in [-0.2, 0) is 25.7 Å². The molecule has 8 nitrogen and oxygen atoms in total. The number of esters is 1. The third-order valence-corrected chi connectivity index (χ3v) is 5.70. The lowest BCUT2D eigenvalue weighted by molar-refractivity contribution is -0.146. The summed E-state index contributed by atoms with van der Waals surface area (Å²) in [7, 11) is 5.57. The van der Waals surface area contributed by atoms with Crippen LogP contribution in [0.2, 0.25) is 5.02 Å². The summed E-state index contributed by atoms with van der Waals surface area (Å²) in [4.78, 5) is 40.7. The summed E-state index contributed by atoms with van der Waals surface area (Å²) in [5.41, 5.74) is 3.45. The summed E-state index contributed by atoms with van der Waals surface area (Å²) < 4.78 is 5.18. The van der Waals surface area contributed by atoms with Crippen molar-refractivity contribution in [1.82, 2.24) is 4.90 Å². The van der Waals surface area contributed by atoms with Crippen molar-refractivity contribution in [2.45, 2.75) is 26.3 Å². The predicted octanol–water partition coefficient (Wildman–Crippen LogP) is 3.40. The van der Waals surface area contributed by atoms with Gasteiger partial charge in [-0.2, -0.15) is 5.10 Å². The number of likely N-dealkylation sites (N-methyl/N-ethyl adjacent to an activating group) is 1. The van der Waals surface area contributed by atoms with E-state index in [2.05, 4.69) is 5.10 Å². The average molecular weight is 471 g/mol. The van der Waals surface area contributed by atoms with Crippen molar-refractivity contribution in [2.24, 2.45) is 5.10 Å². The first-order chi connectivity index (χ1) is 15.7. The summed E-state index contributed by atoms with van der Waals surface area (Å²) in [6, 6.07) is 13.0. The molecule has 3 rings (SSSR count). The second-order valence-corrected chi connectivity index (χ2v) is 8.48. The Kier molecular flexibility index (Phi) is 7.71. The number of amides is 2. The fourth-order valence-electron chi connectivity index (χ4n) is 3.20. The number of halogens is 1. The molecule has 0 saturated heterocycles. The molecule has 1 aliphatic heterocycles. The first-order valence-electron chi connectivity index (χ1n) is 10.5. The van der Waals surface area contributed by atoms with Crippen LogP contribution in [0.5, 0.6) is 0 Å². The Morgan fingerprint density at radius 3 is 2.42 bits per heavy atom. The minimum atomic E-state index is -0.720. The van der Waals surface area contributed by atoms with Gasteiger partial charge in [-0.3, -0.25) is 9.59 Å². The smallest absolute Gasteiger partial charge is 0.355 e. The zero-order chi connectivity index (χ0) is 24.1. The van der Waals surface area contributed by atoms with Gasteiger partial charge in [0.05, 0.1) is 5.69 Å². The topological polar surface area (TPSA) is 82.5 Å². The number of nitrogens with zero attached hydrogens (tertiary/aromatic N) is 4. The highest BCUT2D eigenvalue weighted by Gasteiger charge is 2.27. The van der Waals surface area contributed by atoms with Gasteiger partial charge in [0.15, 0.2) is 6.61 Å². The second kappa shape index (κ2) is 10.5. The van der Waals surface area contributed by atoms with E-state index >= 15 is 0 Å². The summed E-state index contributed by atoms with van der Waals surface area (Å²) >= 11 is 6.15. The first-order valence-corrected chi connectivity index (χ1v) is 10.9. The van der Waals surface area contributed by atoms with Crippen LogP contribution in [0.15, 0.2) is 47.6 Å². The van der Waals surface area contributed by atoms with Crippen molar-refractivity contribution in [3.63, 3.8) is 0 Å². The number of hydrazone groups is 1. The van der Waals surface area contributed by atoms with Crippen LogP contribution in [0.25, 0.3) is 0 Å². The van der Waals surface area contributed by atoms with Gasteiger partial charge in [-0.1, -0.05) is 29.8 Å². The third kappa shape index (κ3) is 6.10. The molecule has 0 aromatic heterocycles. The molecule has 0 saturated carbocycles. The van der Waals surface area contributed by atoms with E-state index in [1.54, 1.807) is 25.2 Å². The molecule has 33 heavy (non-hydrogen) atoms. The minimum absolute atomic E-state index is 0.0843. The molecule has 1 heterocycles. The SMILES string of the molecule is Cc1ccc(N2N=C(C(=O)OCC(=O)N(C)Cc3ccc(N(C)C)cc3)CCC2=O)cc1Cl. The molecule has 2 amide bonds. The summed E-state index contributed by atoms with van der Waals surface area (Å²) in [6.45, 7) is 1.83. The van der Waals surface area contributed by atoms with E-state index in [0.29, 0.717) is 17.3 Å². The van der Waals surface area contributed by atoms with Crippen molar-refractivity contribution in [1.29, 1.82) is 0 Å². The number of hydrogen-bond donors (Lipinski definition) is 0. The van der Waals surface area contributed by atoms with E-state index in [0.717, 1.165) is 21.8 Å². The van der Waals surface area contributed by atoms with Crippen LogP contribution < -0.4 is 9.91 Å². The molecule has 0 radical (unpaired) electrons. The lowest BCUT2D eigenvalue weighted by atomic mass is 10.1. The fourth-order valence-corrected chi connectivity index (χ4v) is 3.37. The Balaban J connectivity index is 1.59. The molecule has 0 aliphatic carbocycles. The maximum atomic E-state index is 12.5. The van der Waals surface area contributed by atoms with Gasteiger partial charge in [-0.25, -0.2) is 9.80 Å². The van der Waals surface area contributed by atoms with Gasteiger partial charge in [0.25, 0.3) is 5.91 Å². The number of carbonyl (C=O) groups excluding carboxylic acids is 3. The van der Waals surface area contributed by atoms with Crippen LogP contribution in [0.1, 0.15) is 24.0 Å². The molecule has 0 spiro atoms. The predicted molar refractivity (Wildman–Crippen MR) is 129 cm³/mol. The van der Waals surface area contributed by atoms with Gasteiger partial charge in [0.2, 0.25) is 5.91 Å². The molecule has 0 unspecified atom stereocenters. The van der Waals surface area contributed by atoms with Crippen LogP contribution in [0.3, 0.4) is 0 Å². The Bertz CT molecular complexity index is 1080. The first kappa shape index (κ1) is 24.3. The number of anilines is 2. The standard InChI is InChI=1S/C24H27ClN4O4/c1-16-5-8-19(13-20(16)25)29-22(30)12-11-21(26-29)24(32)33-15-23(31)28(4)14-17-6-9-18(10-7-17)27(2)3/h5-10,13H,11-12,14-15H2,1-4H3. The van der Waals surface area contributed by atoms with Gasteiger partial charge in [0, 0.05) is 51.2 Å². The maximum absolute atomic E-state index is 12.5. The average Bonchev–Trinajstić information content (AvgIpc) is 2.79. The summed E-state index contributed by atoms with van der Waals surface area (Å²) in [5, 5.41) is 5.80. The third-order valence-electron chi connectivity index (χ3n) is 5.29. The van der Waals surface area contributed by atoms with E-state index < -0.39 is 12.6 Å². The highest BCUT2D eigenvalue weighted by Crippen LogP contribution is 2.26. The molecule has 0 N–H and O–H groups in total. The number of hydrogen-bond acceptors (Lipinski definition) is 6. The lowest BCUT2D eigenvalue weighted by Gasteiger charge is -2.23. The molecular formula is C24H27ClN4O4. The van der Waals surface area contributed by atoms with Crippen molar-refractivity contribution in [2.75, 3.05) is 37.7 Å². The normalized spacial score (nSPS) is 13.4. The van der Waals surface area contributed by atoms with Crippen LogP contribution in [-0.4, -0.2) is 56.1 Å². The number of aryl methyl sites for hydroxylation is 1. The van der Waals surface area contributed by atoms with Crippen LogP contribution in [0, 0.1) is 6.92 Å². The fraction of sp³-hybridized carbons (Fsp3) is 0.333. The van der Waals surface area contributed by atoms with Gasteiger partial charge in [-0.05, 0) is 42.3 Å². The van der Waals surface area contributed by atoms with Crippen molar-refractivity contribution < 1.29 is 19.1 Å². The highest BCUT2D eigenvalue weighted by molar-refractivity contribution is 6.38.